The molecule has 0 unspecified atom stereocenters. The second-order valence-electron chi connectivity index (χ2n) is 4.19. The molecule has 0 bridgehead atoms. The Balaban J connectivity index is 2.22. The molecule has 1 aromatic carbocycles. The number of halogens is 1. The standard InChI is InChI=1S/C14H14BrN3O3/c1-3-20-13(19)12-7-17-14(18-8(12)2)21-11-5-9(15)4-10(16)6-11/h4-7H,3,16H2,1-2H3. The quantitative estimate of drug-likeness (QED) is 0.672. The highest BCUT2D eigenvalue weighted by molar-refractivity contribution is 9.10. The summed E-state index contributed by atoms with van der Waals surface area (Å²) in [6.07, 6.45) is 1.39. The van der Waals surface area contributed by atoms with Crippen molar-refractivity contribution in [3.8, 4) is 11.8 Å². The lowest BCUT2D eigenvalue weighted by Gasteiger charge is -2.08. The van der Waals surface area contributed by atoms with Crippen molar-refractivity contribution in [2.45, 2.75) is 13.8 Å². The minimum atomic E-state index is -0.451. The van der Waals surface area contributed by atoms with E-state index >= 15 is 0 Å². The van der Waals surface area contributed by atoms with Crippen LogP contribution in [0.15, 0.2) is 28.9 Å². The lowest BCUT2D eigenvalue weighted by atomic mass is 10.2. The number of benzene rings is 1. The summed E-state index contributed by atoms with van der Waals surface area (Å²) in [7, 11) is 0. The van der Waals surface area contributed by atoms with Gasteiger partial charge >= 0.3 is 12.0 Å². The van der Waals surface area contributed by atoms with Crippen molar-refractivity contribution in [1.82, 2.24) is 9.97 Å². The maximum Gasteiger partial charge on any atom is 0.341 e. The van der Waals surface area contributed by atoms with Gasteiger partial charge in [-0.2, -0.15) is 4.98 Å². The molecule has 0 radical (unpaired) electrons. The lowest BCUT2D eigenvalue weighted by molar-refractivity contribution is 0.0524. The Morgan fingerprint density at radius 1 is 1.38 bits per heavy atom. The van der Waals surface area contributed by atoms with Crippen molar-refractivity contribution in [3.63, 3.8) is 0 Å². The van der Waals surface area contributed by atoms with Crippen LogP contribution in [0.25, 0.3) is 0 Å². The average Bonchev–Trinajstić information content (AvgIpc) is 2.37. The molecule has 0 aliphatic rings. The zero-order valence-electron chi connectivity index (χ0n) is 11.6. The Labute approximate surface area is 130 Å². The number of carbonyl (C=O) groups excluding carboxylic acids is 1. The largest absolute Gasteiger partial charge is 0.462 e. The Kier molecular flexibility index (Phi) is 4.74. The Bertz CT molecular complexity index is 656. The van der Waals surface area contributed by atoms with E-state index in [0.717, 1.165) is 4.47 Å². The number of hydrogen-bond donors (Lipinski definition) is 1. The van der Waals surface area contributed by atoms with E-state index in [1.807, 2.05) is 0 Å². The third kappa shape index (κ3) is 3.91. The van der Waals surface area contributed by atoms with Gasteiger partial charge in [-0.05, 0) is 26.0 Å². The number of ether oxygens (including phenoxy) is 2. The van der Waals surface area contributed by atoms with Crippen LogP contribution in [0.1, 0.15) is 23.0 Å². The molecule has 0 saturated heterocycles. The van der Waals surface area contributed by atoms with Crippen LogP contribution in [0.4, 0.5) is 5.69 Å². The van der Waals surface area contributed by atoms with Crippen LogP contribution in [0.2, 0.25) is 0 Å². The van der Waals surface area contributed by atoms with E-state index in [2.05, 4.69) is 25.9 Å². The minimum absolute atomic E-state index is 0.137. The van der Waals surface area contributed by atoms with Gasteiger partial charge in [0.15, 0.2) is 0 Å². The van der Waals surface area contributed by atoms with Crippen molar-refractivity contribution in [2.75, 3.05) is 12.3 Å². The Hall–Kier alpha value is -2.15. The third-order valence-corrected chi connectivity index (χ3v) is 3.01. The van der Waals surface area contributed by atoms with Crippen molar-refractivity contribution >= 4 is 27.6 Å². The first-order valence-electron chi connectivity index (χ1n) is 6.24. The van der Waals surface area contributed by atoms with Gasteiger partial charge in [0.25, 0.3) is 0 Å². The molecule has 110 valence electrons. The molecule has 7 heteroatoms. The fourth-order valence-electron chi connectivity index (χ4n) is 1.65. The topological polar surface area (TPSA) is 87.3 Å². The second-order valence-corrected chi connectivity index (χ2v) is 5.11. The van der Waals surface area contributed by atoms with Gasteiger partial charge in [-0.3, -0.25) is 0 Å². The Morgan fingerprint density at radius 3 is 2.76 bits per heavy atom. The number of aryl methyl sites for hydroxylation is 1. The third-order valence-electron chi connectivity index (χ3n) is 2.56. The van der Waals surface area contributed by atoms with E-state index in [-0.39, 0.29) is 6.01 Å². The van der Waals surface area contributed by atoms with E-state index in [4.69, 9.17) is 15.2 Å². The van der Waals surface area contributed by atoms with Gasteiger partial charge in [0.2, 0.25) is 0 Å². The molecule has 0 aliphatic carbocycles. The maximum atomic E-state index is 11.7. The fourth-order valence-corrected chi connectivity index (χ4v) is 2.14. The molecule has 1 aromatic heterocycles. The number of hydrogen-bond acceptors (Lipinski definition) is 6. The molecule has 0 saturated carbocycles. The van der Waals surface area contributed by atoms with Gasteiger partial charge < -0.3 is 15.2 Å². The number of nitrogens with two attached hydrogens (primary N) is 1. The molecule has 1 heterocycles. The van der Waals surface area contributed by atoms with E-state index in [0.29, 0.717) is 29.3 Å². The zero-order valence-corrected chi connectivity index (χ0v) is 13.2. The number of nitrogen functional groups attached to an aromatic ring is 1. The van der Waals surface area contributed by atoms with E-state index in [9.17, 15) is 4.79 Å². The molecule has 0 spiro atoms. The number of aromatic nitrogens is 2. The molecule has 0 amide bonds. The van der Waals surface area contributed by atoms with Crippen molar-refractivity contribution < 1.29 is 14.3 Å². The monoisotopic (exact) mass is 351 g/mol. The fraction of sp³-hybridized carbons (Fsp3) is 0.214. The summed E-state index contributed by atoms with van der Waals surface area (Å²) in [6.45, 7) is 3.73. The average molecular weight is 352 g/mol. The van der Waals surface area contributed by atoms with Gasteiger partial charge in [-0.25, -0.2) is 9.78 Å². The molecule has 0 aliphatic heterocycles. The summed E-state index contributed by atoms with van der Waals surface area (Å²) in [5, 5.41) is 0. The highest BCUT2D eigenvalue weighted by atomic mass is 79.9. The zero-order chi connectivity index (χ0) is 15.4. The summed E-state index contributed by atoms with van der Waals surface area (Å²) in [4.78, 5) is 19.8. The van der Waals surface area contributed by atoms with E-state index in [1.165, 1.54) is 6.20 Å². The molecular weight excluding hydrogens is 338 g/mol. The van der Waals surface area contributed by atoms with Gasteiger partial charge in [0, 0.05) is 22.4 Å². The van der Waals surface area contributed by atoms with Crippen molar-refractivity contribution in [1.29, 1.82) is 0 Å². The van der Waals surface area contributed by atoms with Crippen LogP contribution in [-0.2, 0) is 4.74 Å². The van der Waals surface area contributed by atoms with Gasteiger partial charge in [-0.1, -0.05) is 15.9 Å². The number of nitrogens with zero attached hydrogens (tertiary/aromatic N) is 2. The summed E-state index contributed by atoms with van der Waals surface area (Å²) in [5.41, 5.74) is 7.09. The van der Waals surface area contributed by atoms with Gasteiger partial charge in [0.05, 0.1) is 17.9 Å². The molecular formula is C14H14BrN3O3. The minimum Gasteiger partial charge on any atom is -0.462 e. The normalized spacial score (nSPS) is 10.2. The SMILES string of the molecule is CCOC(=O)c1cnc(Oc2cc(N)cc(Br)c2)nc1C. The molecule has 2 aromatic rings. The predicted molar refractivity (Wildman–Crippen MR) is 81.4 cm³/mol. The summed E-state index contributed by atoms with van der Waals surface area (Å²) >= 11 is 3.33. The second kappa shape index (κ2) is 6.53. The number of carbonyl (C=O) groups is 1. The molecule has 0 atom stereocenters. The van der Waals surface area contributed by atoms with Gasteiger partial charge in [0.1, 0.15) is 5.75 Å². The smallest absolute Gasteiger partial charge is 0.341 e. The molecule has 6 nitrogen and oxygen atoms in total. The highest BCUT2D eigenvalue weighted by Gasteiger charge is 2.13. The number of anilines is 1. The maximum absolute atomic E-state index is 11.7. The van der Waals surface area contributed by atoms with Crippen LogP contribution in [0.5, 0.6) is 11.8 Å². The van der Waals surface area contributed by atoms with Crippen molar-refractivity contribution in [2.24, 2.45) is 0 Å². The first-order valence-corrected chi connectivity index (χ1v) is 7.03. The number of esters is 1. The van der Waals surface area contributed by atoms with Crippen LogP contribution < -0.4 is 10.5 Å². The first kappa shape index (κ1) is 15.2. The predicted octanol–water partition coefficient (Wildman–Crippen LogP) is 3.10. The van der Waals surface area contributed by atoms with Gasteiger partial charge in [-0.15, -0.1) is 0 Å². The first-order chi connectivity index (χ1) is 9.99. The van der Waals surface area contributed by atoms with E-state index < -0.39 is 5.97 Å². The summed E-state index contributed by atoms with van der Waals surface area (Å²) in [5.74, 6) is 0.0541. The Morgan fingerprint density at radius 2 is 2.14 bits per heavy atom. The molecule has 0 fully saturated rings. The van der Waals surface area contributed by atoms with Crippen LogP contribution in [-0.4, -0.2) is 22.5 Å². The van der Waals surface area contributed by atoms with E-state index in [1.54, 1.807) is 32.0 Å². The van der Waals surface area contributed by atoms with Crippen molar-refractivity contribution in [3.05, 3.63) is 40.1 Å². The summed E-state index contributed by atoms with van der Waals surface area (Å²) in [6, 6.07) is 5.29. The van der Waals surface area contributed by atoms with Crippen LogP contribution >= 0.6 is 15.9 Å². The lowest BCUT2D eigenvalue weighted by Crippen LogP contribution is -2.09. The summed E-state index contributed by atoms with van der Waals surface area (Å²) < 4.78 is 11.2. The van der Waals surface area contributed by atoms with Crippen LogP contribution in [0.3, 0.4) is 0 Å². The highest BCUT2D eigenvalue weighted by Crippen LogP contribution is 2.26. The number of rotatable bonds is 4. The van der Waals surface area contributed by atoms with Crippen LogP contribution in [0, 0.1) is 6.92 Å². The molecule has 21 heavy (non-hydrogen) atoms. The molecule has 2 rings (SSSR count). The molecule has 2 N–H and O–H groups in total.